The van der Waals surface area contributed by atoms with Crippen LogP contribution in [0.1, 0.15) is 34.6 Å². The highest BCUT2D eigenvalue weighted by molar-refractivity contribution is 5.96. The van der Waals surface area contributed by atoms with Gasteiger partial charge in [0.05, 0.1) is 17.2 Å². The minimum atomic E-state index is -0.257. The fourth-order valence-corrected chi connectivity index (χ4v) is 3.64. The average molecular weight is 347 g/mol. The molecule has 3 heterocycles. The van der Waals surface area contributed by atoms with Crippen LogP contribution in [-0.2, 0) is 9.59 Å². The van der Waals surface area contributed by atoms with E-state index in [-0.39, 0.29) is 36.0 Å². The molecule has 136 valence electrons. The SMILES string of the molecule is Cc1n[nH]c(C)c1C(=O)N1CC[C@H](CNC(=O)C2CC(=O)N(C)C2)C1. The number of nitrogens with one attached hydrogen (secondary N) is 2. The topological polar surface area (TPSA) is 98.4 Å². The van der Waals surface area contributed by atoms with Gasteiger partial charge in [-0.1, -0.05) is 0 Å². The molecular weight excluding hydrogens is 322 g/mol. The Bertz CT molecular complexity index is 679. The maximum absolute atomic E-state index is 12.7. The van der Waals surface area contributed by atoms with Crippen LogP contribution in [0.2, 0.25) is 0 Å². The first-order valence-electron chi connectivity index (χ1n) is 8.69. The van der Waals surface area contributed by atoms with E-state index in [0.717, 1.165) is 12.1 Å². The Morgan fingerprint density at radius 3 is 2.68 bits per heavy atom. The molecule has 2 saturated heterocycles. The molecule has 2 atom stereocenters. The van der Waals surface area contributed by atoms with Crippen LogP contribution in [0.15, 0.2) is 0 Å². The zero-order valence-corrected chi connectivity index (χ0v) is 15.0. The summed E-state index contributed by atoms with van der Waals surface area (Å²) in [5, 5.41) is 9.88. The Labute approximate surface area is 146 Å². The molecule has 1 aromatic heterocycles. The smallest absolute Gasteiger partial charge is 0.257 e. The number of amides is 3. The molecule has 2 N–H and O–H groups in total. The maximum Gasteiger partial charge on any atom is 0.257 e. The third kappa shape index (κ3) is 3.52. The second-order valence-corrected chi connectivity index (χ2v) is 7.14. The Kier molecular flexibility index (Phi) is 4.78. The monoisotopic (exact) mass is 347 g/mol. The van der Waals surface area contributed by atoms with Crippen LogP contribution in [-0.4, -0.2) is 70.9 Å². The van der Waals surface area contributed by atoms with E-state index < -0.39 is 0 Å². The molecule has 3 rings (SSSR count). The molecule has 0 aromatic carbocycles. The number of hydrogen-bond donors (Lipinski definition) is 2. The van der Waals surface area contributed by atoms with Crippen LogP contribution in [0, 0.1) is 25.7 Å². The first-order chi connectivity index (χ1) is 11.9. The number of hydrogen-bond acceptors (Lipinski definition) is 4. The molecule has 0 bridgehead atoms. The molecule has 8 nitrogen and oxygen atoms in total. The van der Waals surface area contributed by atoms with Gasteiger partial charge in [0.25, 0.3) is 5.91 Å². The van der Waals surface area contributed by atoms with Gasteiger partial charge in [-0.3, -0.25) is 19.5 Å². The minimum Gasteiger partial charge on any atom is -0.355 e. The number of carbonyl (C=O) groups is 3. The fourth-order valence-electron chi connectivity index (χ4n) is 3.64. The average Bonchev–Trinajstić information content (AvgIpc) is 3.26. The fraction of sp³-hybridized carbons (Fsp3) is 0.647. The van der Waals surface area contributed by atoms with E-state index in [1.54, 1.807) is 11.9 Å². The standard InChI is InChI=1S/C17H25N5O3/c1-10-15(11(2)20-19-10)17(25)22-5-4-12(8-22)7-18-16(24)13-6-14(23)21(3)9-13/h12-13H,4-9H2,1-3H3,(H,18,24)(H,19,20)/t12-,13?/m1/s1. The van der Waals surface area contributed by atoms with Crippen molar-refractivity contribution < 1.29 is 14.4 Å². The van der Waals surface area contributed by atoms with E-state index in [1.807, 2.05) is 18.7 Å². The summed E-state index contributed by atoms with van der Waals surface area (Å²) < 4.78 is 0. The lowest BCUT2D eigenvalue weighted by molar-refractivity contribution is -0.128. The predicted molar refractivity (Wildman–Crippen MR) is 90.8 cm³/mol. The highest BCUT2D eigenvalue weighted by Crippen LogP contribution is 2.21. The van der Waals surface area contributed by atoms with Crippen molar-refractivity contribution in [3.63, 3.8) is 0 Å². The second kappa shape index (κ2) is 6.85. The summed E-state index contributed by atoms with van der Waals surface area (Å²) in [6.07, 6.45) is 1.15. The lowest BCUT2D eigenvalue weighted by Crippen LogP contribution is -2.37. The van der Waals surface area contributed by atoms with Gasteiger partial charge in [0, 0.05) is 45.3 Å². The predicted octanol–water partition coefficient (Wildman–Crippen LogP) is 0.0831. The highest BCUT2D eigenvalue weighted by Gasteiger charge is 2.33. The molecule has 0 radical (unpaired) electrons. The first-order valence-corrected chi connectivity index (χ1v) is 8.69. The Hall–Kier alpha value is -2.38. The molecule has 2 fully saturated rings. The zero-order chi connectivity index (χ0) is 18.1. The molecule has 3 amide bonds. The summed E-state index contributed by atoms with van der Waals surface area (Å²) in [4.78, 5) is 39.8. The normalized spacial score (nSPS) is 23.4. The van der Waals surface area contributed by atoms with Crippen molar-refractivity contribution in [1.29, 1.82) is 0 Å². The molecule has 0 aliphatic carbocycles. The molecule has 1 aromatic rings. The van der Waals surface area contributed by atoms with Crippen LogP contribution in [0.5, 0.6) is 0 Å². The van der Waals surface area contributed by atoms with Crippen LogP contribution in [0.4, 0.5) is 0 Å². The van der Waals surface area contributed by atoms with Crippen LogP contribution >= 0.6 is 0 Å². The lowest BCUT2D eigenvalue weighted by atomic mass is 10.1. The highest BCUT2D eigenvalue weighted by atomic mass is 16.2. The summed E-state index contributed by atoms with van der Waals surface area (Å²) in [5.74, 6) is -0.0589. The minimum absolute atomic E-state index is 0.000547. The van der Waals surface area contributed by atoms with Gasteiger partial charge in [-0.05, 0) is 26.2 Å². The summed E-state index contributed by atoms with van der Waals surface area (Å²) in [5.41, 5.74) is 2.15. The first kappa shape index (κ1) is 17.4. The molecule has 2 aliphatic heterocycles. The van der Waals surface area contributed by atoms with Crippen molar-refractivity contribution in [3.05, 3.63) is 17.0 Å². The number of aryl methyl sites for hydroxylation is 2. The largest absolute Gasteiger partial charge is 0.355 e. The molecule has 0 saturated carbocycles. The van der Waals surface area contributed by atoms with Gasteiger partial charge in [-0.25, -0.2) is 0 Å². The number of aromatic nitrogens is 2. The van der Waals surface area contributed by atoms with Crippen LogP contribution < -0.4 is 5.32 Å². The van der Waals surface area contributed by atoms with E-state index in [2.05, 4.69) is 15.5 Å². The third-order valence-corrected chi connectivity index (χ3v) is 5.19. The number of likely N-dealkylation sites (tertiary alicyclic amines) is 2. The molecule has 0 spiro atoms. The van der Waals surface area contributed by atoms with Gasteiger partial charge in [0.2, 0.25) is 11.8 Å². The Balaban J connectivity index is 1.49. The Morgan fingerprint density at radius 2 is 2.08 bits per heavy atom. The number of rotatable bonds is 4. The maximum atomic E-state index is 12.7. The van der Waals surface area contributed by atoms with Crippen molar-refractivity contribution in [3.8, 4) is 0 Å². The van der Waals surface area contributed by atoms with Gasteiger partial charge in [0.1, 0.15) is 0 Å². The van der Waals surface area contributed by atoms with E-state index >= 15 is 0 Å². The van der Waals surface area contributed by atoms with E-state index in [4.69, 9.17) is 0 Å². The van der Waals surface area contributed by atoms with Crippen molar-refractivity contribution in [2.75, 3.05) is 33.2 Å². The third-order valence-electron chi connectivity index (χ3n) is 5.19. The van der Waals surface area contributed by atoms with E-state index in [0.29, 0.717) is 37.4 Å². The molecule has 25 heavy (non-hydrogen) atoms. The van der Waals surface area contributed by atoms with Gasteiger partial charge in [0.15, 0.2) is 0 Å². The molecular formula is C17H25N5O3. The summed E-state index contributed by atoms with van der Waals surface area (Å²) in [6, 6.07) is 0. The zero-order valence-electron chi connectivity index (χ0n) is 15.0. The van der Waals surface area contributed by atoms with Gasteiger partial charge < -0.3 is 15.1 Å². The summed E-state index contributed by atoms with van der Waals surface area (Å²) >= 11 is 0. The van der Waals surface area contributed by atoms with Crippen LogP contribution in [0.25, 0.3) is 0 Å². The van der Waals surface area contributed by atoms with Crippen LogP contribution in [0.3, 0.4) is 0 Å². The second-order valence-electron chi connectivity index (χ2n) is 7.14. The molecule has 8 heteroatoms. The van der Waals surface area contributed by atoms with Gasteiger partial charge in [-0.15, -0.1) is 0 Å². The summed E-state index contributed by atoms with van der Waals surface area (Å²) in [7, 11) is 1.72. The van der Waals surface area contributed by atoms with Crippen molar-refractivity contribution in [2.45, 2.75) is 26.7 Å². The summed E-state index contributed by atoms with van der Waals surface area (Å²) in [6.45, 7) is 6.02. The van der Waals surface area contributed by atoms with E-state index in [9.17, 15) is 14.4 Å². The number of nitrogens with zero attached hydrogens (tertiary/aromatic N) is 3. The van der Waals surface area contributed by atoms with Gasteiger partial charge in [-0.2, -0.15) is 5.10 Å². The lowest BCUT2D eigenvalue weighted by Gasteiger charge is -2.17. The number of carbonyl (C=O) groups excluding carboxylic acids is 3. The number of aromatic amines is 1. The molecule has 1 unspecified atom stereocenters. The number of H-pyrrole nitrogens is 1. The van der Waals surface area contributed by atoms with Crippen molar-refractivity contribution in [1.82, 2.24) is 25.3 Å². The Morgan fingerprint density at radius 1 is 1.32 bits per heavy atom. The van der Waals surface area contributed by atoms with Crippen molar-refractivity contribution >= 4 is 17.7 Å². The molecule has 2 aliphatic rings. The quantitative estimate of drug-likeness (QED) is 0.806. The van der Waals surface area contributed by atoms with E-state index in [1.165, 1.54) is 0 Å². The van der Waals surface area contributed by atoms with Gasteiger partial charge >= 0.3 is 0 Å². The van der Waals surface area contributed by atoms with Crippen molar-refractivity contribution in [2.24, 2.45) is 11.8 Å².